The van der Waals surface area contributed by atoms with Gasteiger partial charge in [-0.05, 0) is 44.4 Å². The molecular formula is C26H34N2O4. The summed E-state index contributed by atoms with van der Waals surface area (Å²) in [6.07, 6.45) is 6.59. The third kappa shape index (κ3) is 7.84. The number of hydrogen-bond acceptors (Lipinski definition) is 5. The van der Waals surface area contributed by atoms with Crippen molar-refractivity contribution in [3.63, 3.8) is 0 Å². The van der Waals surface area contributed by atoms with Crippen LogP contribution in [0.25, 0.3) is 11.3 Å². The first-order chi connectivity index (χ1) is 15.5. The van der Waals surface area contributed by atoms with Gasteiger partial charge in [0.05, 0.1) is 18.7 Å². The van der Waals surface area contributed by atoms with Crippen LogP contribution >= 0.6 is 0 Å². The van der Waals surface area contributed by atoms with Gasteiger partial charge in [0.15, 0.2) is 5.89 Å². The maximum Gasteiger partial charge on any atom is 0.311 e. The van der Waals surface area contributed by atoms with E-state index in [1.54, 1.807) is 19.3 Å². The zero-order chi connectivity index (χ0) is 23.3. The van der Waals surface area contributed by atoms with Crippen molar-refractivity contribution in [1.82, 2.24) is 9.97 Å². The fourth-order valence-electron chi connectivity index (χ4n) is 3.55. The molecule has 0 unspecified atom stereocenters. The summed E-state index contributed by atoms with van der Waals surface area (Å²) in [7, 11) is 0. The molecule has 6 heteroatoms. The minimum atomic E-state index is -0.242. The van der Waals surface area contributed by atoms with E-state index in [0.29, 0.717) is 18.2 Å². The van der Waals surface area contributed by atoms with Gasteiger partial charge in [-0.2, -0.15) is 0 Å². The van der Waals surface area contributed by atoms with Crippen molar-refractivity contribution in [2.24, 2.45) is 0 Å². The minimum Gasteiger partial charge on any atom is -0.466 e. The zero-order valence-corrected chi connectivity index (χ0v) is 19.5. The van der Waals surface area contributed by atoms with E-state index < -0.39 is 0 Å². The van der Waals surface area contributed by atoms with E-state index in [4.69, 9.17) is 9.15 Å². The number of H-pyrrole nitrogens is 1. The lowest BCUT2D eigenvalue weighted by atomic mass is 10.1. The van der Waals surface area contributed by atoms with Crippen LogP contribution in [0.2, 0.25) is 0 Å². The Morgan fingerprint density at radius 1 is 1.16 bits per heavy atom. The molecule has 0 amide bonds. The molecule has 0 radical (unpaired) electrons. The van der Waals surface area contributed by atoms with Crippen LogP contribution in [0.15, 0.2) is 57.9 Å². The van der Waals surface area contributed by atoms with Gasteiger partial charge in [0.25, 0.3) is 0 Å². The number of aromatic amines is 1. The molecule has 172 valence electrons. The standard InChI is InChI=1S/C12H17NO3.C12H11NO.C2H6/c1-2-15-11(14)7-10-8-16-12(13-10)9-5-3-4-6-9;1-9-4-2-5-10(8-9)11-6-3-7-12(14)13-11;1-2/h8-9H,2-7H2,1H3;2-8H,1H3,(H,13,14);1-2H3. The van der Waals surface area contributed by atoms with Gasteiger partial charge < -0.3 is 14.1 Å². The Morgan fingerprint density at radius 2 is 1.88 bits per heavy atom. The van der Waals surface area contributed by atoms with Gasteiger partial charge in [0.2, 0.25) is 5.56 Å². The summed E-state index contributed by atoms with van der Waals surface area (Å²) >= 11 is 0. The summed E-state index contributed by atoms with van der Waals surface area (Å²) in [5.41, 5.74) is 3.71. The smallest absolute Gasteiger partial charge is 0.311 e. The van der Waals surface area contributed by atoms with Crippen LogP contribution in [-0.4, -0.2) is 22.5 Å². The molecule has 3 aromatic rings. The minimum absolute atomic E-state index is 0.0657. The molecule has 1 fully saturated rings. The van der Waals surface area contributed by atoms with Crippen LogP contribution in [0.1, 0.15) is 69.5 Å². The third-order valence-corrected chi connectivity index (χ3v) is 5.00. The average molecular weight is 439 g/mol. The Hall–Kier alpha value is -3.15. The molecular weight excluding hydrogens is 404 g/mol. The SMILES string of the molecule is CC.CCOC(=O)Cc1coc(C2CCCC2)n1.Cc1cccc(-c2cccc(=O)[nH]2)c1. The number of ether oxygens (including phenoxy) is 1. The molecule has 1 aliphatic carbocycles. The Balaban J connectivity index is 0.000000212. The highest BCUT2D eigenvalue weighted by Gasteiger charge is 2.22. The van der Waals surface area contributed by atoms with Gasteiger partial charge in [-0.3, -0.25) is 9.59 Å². The number of aryl methyl sites for hydroxylation is 1. The molecule has 1 aliphatic rings. The number of rotatable bonds is 5. The first kappa shape index (κ1) is 25.1. The van der Waals surface area contributed by atoms with Crippen molar-refractivity contribution >= 4 is 5.97 Å². The van der Waals surface area contributed by atoms with E-state index >= 15 is 0 Å². The van der Waals surface area contributed by atoms with Gasteiger partial charge in [-0.25, -0.2) is 4.98 Å². The summed E-state index contributed by atoms with van der Waals surface area (Å²) in [6.45, 7) is 8.24. The molecule has 0 saturated heterocycles. The van der Waals surface area contributed by atoms with Crippen LogP contribution in [0.5, 0.6) is 0 Å². The second-order valence-electron chi connectivity index (χ2n) is 7.44. The quantitative estimate of drug-likeness (QED) is 0.508. The number of esters is 1. The topological polar surface area (TPSA) is 85.2 Å². The van der Waals surface area contributed by atoms with E-state index in [-0.39, 0.29) is 17.9 Å². The van der Waals surface area contributed by atoms with E-state index in [0.717, 1.165) is 30.0 Å². The first-order valence-corrected chi connectivity index (χ1v) is 11.4. The number of hydrogen-bond donors (Lipinski definition) is 1. The molecule has 1 aromatic carbocycles. The molecule has 2 heterocycles. The summed E-state index contributed by atoms with van der Waals surface area (Å²) < 4.78 is 10.3. The normalized spacial score (nSPS) is 12.9. The molecule has 1 saturated carbocycles. The van der Waals surface area contributed by atoms with E-state index in [1.807, 2.05) is 51.1 Å². The number of aromatic nitrogens is 2. The lowest BCUT2D eigenvalue weighted by Gasteiger charge is -2.01. The summed E-state index contributed by atoms with van der Waals surface area (Å²) in [4.78, 5) is 29.5. The Bertz CT molecular complexity index is 1020. The first-order valence-electron chi connectivity index (χ1n) is 11.4. The second kappa shape index (κ2) is 13.3. The van der Waals surface area contributed by atoms with Crippen molar-refractivity contribution in [3.05, 3.63) is 76.2 Å². The molecule has 4 rings (SSSR count). The van der Waals surface area contributed by atoms with Gasteiger partial charge >= 0.3 is 5.97 Å². The maximum absolute atomic E-state index is 11.2. The zero-order valence-electron chi connectivity index (χ0n) is 19.5. The van der Waals surface area contributed by atoms with Crippen LogP contribution in [0.3, 0.4) is 0 Å². The fourth-order valence-corrected chi connectivity index (χ4v) is 3.55. The van der Waals surface area contributed by atoms with Crippen LogP contribution in [0.4, 0.5) is 0 Å². The van der Waals surface area contributed by atoms with Crippen LogP contribution in [-0.2, 0) is 16.0 Å². The van der Waals surface area contributed by atoms with Gasteiger partial charge in [-0.15, -0.1) is 0 Å². The Kier molecular flexibility index (Phi) is 10.4. The molecule has 2 aromatic heterocycles. The maximum atomic E-state index is 11.2. The second-order valence-corrected chi connectivity index (χ2v) is 7.44. The van der Waals surface area contributed by atoms with Crippen molar-refractivity contribution in [2.75, 3.05) is 6.61 Å². The van der Waals surface area contributed by atoms with E-state index in [9.17, 15) is 9.59 Å². The summed E-state index contributed by atoms with van der Waals surface area (Å²) in [5.74, 6) is 1.00. The Labute approximate surface area is 190 Å². The lowest BCUT2D eigenvalue weighted by molar-refractivity contribution is -0.142. The molecule has 0 aliphatic heterocycles. The van der Waals surface area contributed by atoms with Gasteiger partial charge in [-0.1, -0.05) is 56.5 Å². The number of nitrogens with zero attached hydrogens (tertiary/aromatic N) is 1. The lowest BCUT2D eigenvalue weighted by Crippen LogP contribution is -2.07. The summed E-state index contributed by atoms with van der Waals surface area (Å²) in [6, 6.07) is 13.2. The van der Waals surface area contributed by atoms with Crippen molar-refractivity contribution in [3.8, 4) is 11.3 Å². The van der Waals surface area contributed by atoms with Crippen molar-refractivity contribution < 1.29 is 13.9 Å². The van der Waals surface area contributed by atoms with Crippen LogP contribution in [0, 0.1) is 6.92 Å². The highest BCUT2D eigenvalue weighted by atomic mass is 16.5. The number of benzene rings is 1. The average Bonchev–Trinajstić information content (AvgIpc) is 3.48. The largest absolute Gasteiger partial charge is 0.466 e. The monoisotopic (exact) mass is 438 g/mol. The molecule has 0 spiro atoms. The number of carbonyl (C=O) groups excluding carboxylic acids is 1. The number of pyridine rings is 1. The Morgan fingerprint density at radius 3 is 2.53 bits per heavy atom. The number of nitrogens with one attached hydrogen (secondary N) is 1. The molecule has 0 bridgehead atoms. The van der Waals surface area contributed by atoms with Crippen LogP contribution < -0.4 is 5.56 Å². The highest BCUT2D eigenvalue weighted by molar-refractivity contribution is 5.71. The fraction of sp³-hybridized carbons (Fsp3) is 0.423. The predicted molar refractivity (Wildman–Crippen MR) is 127 cm³/mol. The molecule has 0 atom stereocenters. The van der Waals surface area contributed by atoms with Crippen molar-refractivity contribution in [1.29, 1.82) is 0 Å². The van der Waals surface area contributed by atoms with E-state index in [1.165, 1.54) is 24.5 Å². The third-order valence-electron chi connectivity index (χ3n) is 5.00. The number of oxazole rings is 1. The molecule has 1 N–H and O–H groups in total. The highest BCUT2D eigenvalue weighted by Crippen LogP contribution is 2.33. The number of carbonyl (C=O) groups is 1. The molecule has 6 nitrogen and oxygen atoms in total. The molecule has 32 heavy (non-hydrogen) atoms. The van der Waals surface area contributed by atoms with Crippen molar-refractivity contribution in [2.45, 2.75) is 65.7 Å². The van der Waals surface area contributed by atoms with Gasteiger partial charge in [0, 0.05) is 17.7 Å². The van der Waals surface area contributed by atoms with E-state index in [2.05, 4.69) is 9.97 Å². The summed E-state index contributed by atoms with van der Waals surface area (Å²) in [5, 5.41) is 0. The van der Waals surface area contributed by atoms with Gasteiger partial charge in [0.1, 0.15) is 6.26 Å². The predicted octanol–water partition coefficient (Wildman–Crippen LogP) is 5.81.